The van der Waals surface area contributed by atoms with E-state index in [1.807, 2.05) is 61.5 Å². The first-order valence-corrected chi connectivity index (χ1v) is 8.72. The summed E-state index contributed by atoms with van der Waals surface area (Å²) in [6.45, 7) is 1.71. The van der Waals surface area contributed by atoms with Crippen molar-refractivity contribution in [1.82, 2.24) is 4.90 Å². The maximum Gasteiger partial charge on any atom is 0.290 e. The zero-order valence-corrected chi connectivity index (χ0v) is 15.0. The van der Waals surface area contributed by atoms with Crippen LogP contribution in [0.1, 0.15) is 22.7 Å². The molecule has 0 aromatic heterocycles. The van der Waals surface area contributed by atoms with Gasteiger partial charge in [0.1, 0.15) is 0 Å². The third-order valence-corrected chi connectivity index (χ3v) is 4.53. The monoisotopic (exact) mass is 363 g/mol. The van der Waals surface area contributed by atoms with Crippen LogP contribution in [0.5, 0.6) is 0 Å². The number of carbonyl (C=O) groups is 2. The molecule has 5 nitrogen and oxygen atoms in total. The summed E-state index contributed by atoms with van der Waals surface area (Å²) in [5, 5.41) is 19.7. The van der Waals surface area contributed by atoms with Crippen molar-refractivity contribution in [3.05, 3.63) is 88.7 Å². The number of nitrogens with zero attached hydrogens (tertiary/aromatic N) is 1. The number of β-amino-alcohol motifs (C(OH)–C–C–N with tert-alkyl or cyclic N) is 1. The number of aliphatic hydroxyl groups excluding tert-OH is 2. The topological polar surface area (TPSA) is 77.8 Å². The molecule has 0 fully saturated rings. The molecule has 1 amide bonds. The Balaban J connectivity index is 1.98. The van der Waals surface area contributed by atoms with Crippen molar-refractivity contribution in [2.75, 3.05) is 13.2 Å². The Labute approximate surface area is 157 Å². The number of hydrogen-bond donors (Lipinski definition) is 2. The second kappa shape index (κ2) is 8.01. The quantitative estimate of drug-likeness (QED) is 0.774. The van der Waals surface area contributed by atoms with Gasteiger partial charge in [0.15, 0.2) is 11.5 Å². The van der Waals surface area contributed by atoms with Crippen LogP contribution in [0, 0.1) is 6.92 Å². The van der Waals surface area contributed by atoms with Gasteiger partial charge in [-0.15, -0.1) is 0 Å². The molecular formula is C22H21NO4. The van der Waals surface area contributed by atoms with Crippen LogP contribution < -0.4 is 0 Å². The highest BCUT2D eigenvalue weighted by Gasteiger charge is 2.42. The molecule has 3 rings (SSSR count). The molecule has 138 valence electrons. The predicted octanol–water partition coefficient (Wildman–Crippen LogP) is 2.97. The fourth-order valence-corrected chi connectivity index (χ4v) is 3.16. The number of allylic oxidation sites excluding steroid dienone is 1. The average molecular weight is 363 g/mol. The number of hydrogen-bond acceptors (Lipinski definition) is 4. The Bertz CT molecular complexity index is 898. The van der Waals surface area contributed by atoms with E-state index in [0.717, 1.165) is 11.1 Å². The first kappa shape index (κ1) is 18.6. The molecule has 2 aromatic rings. The van der Waals surface area contributed by atoms with E-state index in [-0.39, 0.29) is 18.7 Å². The predicted molar refractivity (Wildman–Crippen MR) is 103 cm³/mol. The lowest BCUT2D eigenvalue weighted by atomic mass is 9.95. The van der Waals surface area contributed by atoms with Crippen molar-refractivity contribution in [2.45, 2.75) is 13.0 Å². The molecule has 5 heteroatoms. The van der Waals surface area contributed by atoms with Crippen molar-refractivity contribution in [2.24, 2.45) is 0 Å². The van der Waals surface area contributed by atoms with Crippen LogP contribution in [0.3, 0.4) is 0 Å². The SMILES string of the molecule is Cc1ccc(C2C(C(=O)C=Cc3ccccc3)=C(O)C(=O)N2CCO)cc1. The van der Waals surface area contributed by atoms with Gasteiger partial charge in [0.05, 0.1) is 18.2 Å². The highest BCUT2D eigenvalue weighted by atomic mass is 16.3. The van der Waals surface area contributed by atoms with E-state index >= 15 is 0 Å². The largest absolute Gasteiger partial charge is 0.503 e. The number of carbonyl (C=O) groups excluding carboxylic acids is 2. The van der Waals surface area contributed by atoms with Crippen LogP contribution in [0.15, 0.2) is 72.0 Å². The smallest absolute Gasteiger partial charge is 0.290 e. The minimum atomic E-state index is -0.724. The maximum atomic E-state index is 12.8. The second-order valence-electron chi connectivity index (χ2n) is 6.41. The summed E-state index contributed by atoms with van der Waals surface area (Å²) < 4.78 is 0. The lowest BCUT2D eigenvalue weighted by molar-refractivity contribution is -0.129. The summed E-state index contributed by atoms with van der Waals surface area (Å²) in [5.41, 5.74) is 2.63. The van der Waals surface area contributed by atoms with E-state index in [2.05, 4.69) is 0 Å². The molecule has 2 N–H and O–H groups in total. The lowest BCUT2D eigenvalue weighted by Crippen LogP contribution is -2.33. The Hall–Kier alpha value is -3.18. The van der Waals surface area contributed by atoms with E-state index in [1.54, 1.807) is 6.08 Å². The van der Waals surface area contributed by atoms with E-state index in [4.69, 9.17) is 0 Å². The molecule has 1 aliphatic rings. The minimum absolute atomic E-state index is 0.0284. The molecule has 0 aliphatic carbocycles. The molecule has 1 aliphatic heterocycles. The first-order chi connectivity index (χ1) is 13.0. The number of amides is 1. The maximum absolute atomic E-state index is 12.8. The highest BCUT2D eigenvalue weighted by molar-refractivity contribution is 6.14. The molecule has 0 saturated heterocycles. The molecule has 2 aromatic carbocycles. The summed E-state index contributed by atoms with van der Waals surface area (Å²) in [4.78, 5) is 26.6. The van der Waals surface area contributed by atoms with E-state index in [9.17, 15) is 19.8 Å². The van der Waals surface area contributed by atoms with Gasteiger partial charge in [0.25, 0.3) is 5.91 Å². The van der Waals surface area contributed by atoms with E-state index in [0.29, 0.717) is 5.56 Å². The molecule has 0 radical (unpaired) electrons. The summed E-state index contributed by atoms with van der Waals surface area (Å²) in [6, 6.07) is 16.0. The summed E-state index contributed by atoms with van der Waals surface area (Å²) >= 11 is 0. The van der Waals surface area contributed by atoms with Crippen molar-refractivity contribution in [3.63, 3.8) is 0 Å². The zero-order valence-electron chi connectivity index (χ0n) is 15.0. The molecule has 27 heavy (non-hydrogen) atoms. The molecule has 0 saturated carbocycles. The van der Waals surface area contributed by atoms with Crippen LogP contribution in [-0.2, 0) is 9.59 Å². The van der Waals surface area contributed by atoms with Gasteiger partial charge in [-0.2, -0.15) is 0 Å². The van der Waals surface area contributed by atoms with Gasteiger partial charge in [-0.05, 0) is 24.1 Å². The third-order valence-electron chi connectivity index (χ3n) is 4.53. The molecule has 0 spiro atoms. The highest BCUT2D eigenvalue weighted by Crippen LogP contribution is 2.37. The van der Waals surface area contributed by atoms with Gasteiger partial charge < -0.3 is 15.1 Å². The summed E-state index contributed by atoms with van der Waals surface area (Å²) in [5.74, 6) is -1.64. The molecule has 1 heterocycles. The molecule has 1 unspecified atom stereocenters. The number of aliphatic hydroxyl groups is 2. The van der Waals surface area contributed by atoms with Crippen LogP contribution in [0.2, 0.25) is 0 Å². The fourth-order valence-electron chi connectivity index (χ4n) is 3.16. The molecule has 0 bridgehead atoms. The van der Waals surface area contributed by atoms with Crippen molar-refractivity contribution in [1.29, 1.82) is 0 Å². The van der Waals surface area contributed by atoms with Crippen molar-refractivity contribution < 1.29 is 19.8 Å². The van der Waals surface area contributed by atoms with Crippen LogP contribution in [-0.4, -0.2) is 40.0 Å². The zero-order chi connectivity index (χ0) is 19.4. The Kier molecular flexibility index (Phi) is 5.52. The summed E-state index contributed by atoms with van der Waals surface area (Å²) in [7, 11) is 0. The van der Waals surface area contributed by atoms with Crippen LogP contribution in [0.25, 0.3) is 6.08 Å². The van der Waals surface area contributed by atoms with Gasteiger partial charge >= 0.3 is 0 Å². The second-order valence-corrected chi connectivity index (χ2v) is 6.41. The summed E-state index contributed by atoms with van der Waals surface area (Å²) in [6.07, 6.45) is 3.01. The van der Waals surface area contributed by atoms with E-state index in [1.165, 1.54) is 11.0 Å². The Morgan fingerprint density at radius 1 is 1.11 bits per heavy atom. The molecular weight excluding hydrogens is 342 g/mol. The van der Waals surface area contributed by atoms with Crippen LogP contribution in [0.4, 0.5) is 0 Å². The number of aryl methyl sites for hydroxylation is 1. The van der Waals surface area contributed by atoms with Crippen molar-refractivity contribution >= 4 is 17.8 Å². The fraction of sp³-hybridized carbons (Fsp3) is 0.182. The Morgan fingerprint density at radius 2 is 1.78 bits per heavy atom. The van der Waals surface area contributed by atoms with Gasteiger partial charge in [-0.1, -0.05) is 66.2 Å². The van der Waals surface area contributed by atoms with E-state index < -0.39 is 23.5 Å². The molecule has 1 atom stereocenters. The van der Waals surface area contributed by atoms with Gasteiger partial charge in [0, 0.05) is 6.54 Å². The average Bonchev–Trinajstić information content (AvgIpc) is 2.93. The standard InChI is InChI=1S/C22H21NO4/c1-15-7-10-17(11-8-15)20-19(21(26)22(27)23(20)13-14-24)18(25)12-9-16-5-3-2-4-6-16/h2-12,20,24,26H,13-14H2,1H3. The number of benzene rings is 2. The lowest BCUT2D eigenvalue weighted by Gasteiger charge is -2.25. The van der Waals surface area contributed by atoms with Crippen molar-refractivity contribution in [3.8, 4) is 0 Å². The van der Waals surface area contributed by atoms with Gasteiger partial charge in [0.2, 0.25) is 0 Å². The third kappa shape index (κ3) is 3.83. The van der Waals surface area contributed by atoms with Gasteiger partial charge in [-0.25, -0.2) is 0 Å². The number of rotatable bonds is 6. The Morgan fingerprint density at radius 3 is 2.41 bits per heavy atom. The first-order valence-electron chi connectivity index (χ1n) is 8.72. The number of ketones is 1. The minimum Gasteiger partial charge on any atom is -0.503 e. The van der Waals surface area contributed by atoms with Gasteiger partial charge in [-0.3, -0.25) is 9.59 Å². The normalized spacial score (nSPS) is 17.2. The van der Waals surface area contributed by atoms with Crippen LogP contribution >= 0.6 is 0 Å².